The summed E-state index contributed by atoms with van der Waals surface area (Å²) in [6, 6.07) is 8.12. The molecule has 1 saturated heterocycles. The smallest absolute Gasteiger partial charge is 0.321 e. The summed E-state index contributed by atoms with van der Waals surface area (Å²) in [6.45, 7) is 7.64. The predicted octanol–water partition coefficient (Wildman–Crippen LogP) is 3.11. The molecule has 1 aromatic rings. The van der Waals surface area contributed by atoms with E-state index in [2.05, 4.69) is 22.3 Å². The molecule has 20 heavy (non-hydrogen) atoms. The monoisotopic (exact) mass is 293 g/mol. The molecule has 1 heterocycles. The van der Waals surface area contributed by atoms with Crippen LogP contribution in [0.2, 0.25) is 0 Å². The minimum atomic E-state index is -0.0304. The maximum absolute atomic E-state index is 12.0. The molecule has 2 amide bonds. The predicted molar refractivity (Wildman–Crippen MR) is 87.9 cm³/mol. The summed E-state index contributed by atoms with van der Waals surface area (Å²) in [4.78, 5) is 16.1. The zero-order valence-electron chi connectivity index (χ0n) is 12.3. The van der Waals surface area contributed by atoms with Crippen LogP contribution >= 0.6 is 11.8 Å². The van der Waals surface area contributed by atoms with Gasteiger partial charge >= 0.3 is 6.03 Å². The molecule has 110 valence electrons. The summed E-state index contributed by atoms with van der Waals surface area (Å²) in [5.74, 6) is 2.39. The summed E-state index contributed by atoms with van der Waals surface area (Å²) in [5, 5.41) is 2.94. The third-order valence-corrected chi connectivity index (χ3v) is 4.49. The third kappa shape index (κ3) is 3.82. The minimum Gasteiger partial charge on any atom is -0.370 e. The fourth-order valence-electron chi connectivity index (χ4n) is 2.29. The number of nitrogens with zero attached hydrogens (tertiary/aromatic N) is 2. The Hall–Kier alpha value is -1.36. The third-order valence-electron chi connectivity index (χ3n) is 3.55. The lowest BCUT2D eigenvalue weighted by atomic mass is 10.2. The quantitative estimate of drug-likeness (QED) is 0.926. The Bertz CT molecular complexity index is 425. The molecule has 0 bridgehead atoms. The number of rotatable bonds is 4. The van der Waals surface area contributed by atoms with Gasteiger partial charge in [-0.2, -0.15) is 11.8 Å². The molecular formula is C15H23N3OS. The van der Waals surface area contributed by atoms with Crippen molar-refractivity contribution in [3.8, 4) is 0 Å². The maximum atomic E-state index is 12.0. The molecule has 1 N–H and O–H groups in total. The number of nitrogens with one attached hydrogen (secondary N) is 1. The minimum absolute atomic E-state index is 0.0304. The summed E-state index contributed by atoms with van der Waals surface area (Å²) in [6.07, 6.45) is 0. The van der Waals surface area contributed by atoms with E-state index in [4.69, 9.17) is 0 Å². The van der Waals surface area contributed by atoms with Crippen LogP contribution < -0.4 is 10.2 Å². The van der Waals surface area contributed by atoms with Gasteiger partial charge < -0.3 is 15.1 Å². The standard InChI is InChI=1S/C15H23N3OS/c1-3-17(4-2)15(19)16-13-5-7-14(8-6-13)18-9-11-20-12-10-18/h5-8H,3-4,9-12H2,1-2H3,(H,16,19). The second-order valence-corrected chi connectivity index (χ2v) is 5.97. The van der Waals surface area contributed by atoms with Crippen molar-refractivity contribution in [1.82, 2.24) is 4.90 Å². The molecule has 1 aliphatic heterocycles. The van der Waals surface area contributed by atoms with Crippen LogP contribution in [-0.2, 0) is 0 Å². The van der Waals surface area contributed by atoms with E-state index in [-0.39, 0.29) is 6.03 Å². The fraction of sp³-hybridized carbons (Fsp3) is 0.533. The highest BCUT2D eigenvalue weighted by molar-refractivity contribution is 7.99. The number of hydrogen-bond donors (Lipinski definition) is 1. The van der Waals surface area contributed by atoms with Crippen LogP contribution in [0.1, 0.15) is 13.8 Å². The molecular weight excluding hydrogens is 270 g/mol. The van der Waals surface area contributed by atoms with Gasteiger partial charge in [-0.3, -0.25) is 0 Å². The van der Waals surface area contributed by atoms with E-state index < -0.39 is 0 Å². The number of thioether (sulfide) groups is 1. The molecule has 0 radical (unpaired) electrons. The zero-order valence-corrected chi connectivity index (χ0v) is 13.1. The van der Waals surface area contributed by atoms with Crippen LogP contribution in [0.25, 0.3) is 0 Å². The average Bonchev–Trinajstić information content (AvgIpc) is 2.50. The highest BCUT2D eigenvalue weighted by atomic mass is 32.2. The molecule has 0 saturated carbocycles. The maximum Gasteiger partial charge on any atom is 0.321 e. The summed E-state index contributed by atoms with van der Waals surface area (Å²) < 4.78 is 0. The topological polar surface area (TPSA) is 35.6 Å². The number of anilines is 2. The van der Waals surface area contributed by atoms with E-state index in [1.165, 1.54) is 17.2 Å². The first-order chi connectivity index (χ1) is 9.74. The van der Waals surface area contributed by atoms with E-state index in [1.807, 2.05) is 37.7 Å². The van der Waals surface area contributed by atoms with E-state index in [1.54, 1.807) is 4.90 Å². The summed E-state index contributed by atoms with van der Waals surface area (Å²) in [5.41, 5.74) is 2.10. The summed E-state index contributed by atoms with van der Waals surface area (Å²) in [7, 11) is 0. The normalized spacial score (nSPS) is 15.0. The zero-order chi connectivity index (χ0) is 14.4. The number of hydrogen-bond acceptors (Lipinski definition) is 3. The lowest BCUT2D eigenvalue weighted by Gasteiger charge is -2.28. The van der Waals surface area contributed by atoms with Crippen molar-refractivity contribution < 1.29 is 4.79 Å². The Morgan fingerprint density at radius 1 is 1.20 bits per heavy atom. The second kappa shape index (κ2) is 7.43. The second-order valence-electron chi connectivity index (χ2n) is 4.75. The number of carbonyl (C=O) groups excluding carboxylic acids is 1. The lowest BCUT2D eigenvalue weighted by Crippen LogP contribution is -2.34. The van der Waals surface area contributed by atoms with Gasteiger partial charge in [-0.05, 0) is 38.1 Å². The van der Waals surface area contributed by atoms with Crippen molar-refractivity contribution in [2.24, 2.45) is 0 Å². The Labute approximate surface area is 125 Å². The van der Waals surface area contributed by atoms with Gasteiger partial charge in [0.2, 0.25) is 0 Å². The molecule has 4 nitrogen and oxygen atoms in total. The largest absolute Gasteiger partial charge is 0.370 e. The number of carbonyl (C=O) groups is 1. The SMILES string of the molecule is CCN(CC)C(=O)Nc1ccc(N2CCSCC2)cc1. The van der Waals surface area contributed by atoms with Crippen molar-refractivity contribution >= 4 is 29.2 Å². The highest BCUT2D eigenvalue weighted by Crippen LogP contribution is 2.21. The lowest BCUT2D eigenvalue weighted by molar-refractivity contribution is 0.217. The number of benzene rings is 1. The molecule has 5 heteroatoms. The van der Waals surface area contributed by atoms with Crippen molar-refractivity contribution in [1.29, 1.82) is 0 Å². The summed E-state index contributed by atoms with van der Waals surface area (Å²) >= 11 is 2.01. The van der Waals surface area contributed by atoms with Crippen molar-refractivity contribution in [2.45, 2.75) is 13.8 Å². The van der Waals surface area contributed by atoms with Crippen LogP contribution in [0.15, 0.2) is 24.3 Å². The van der Waals surface area contributed by atoms with E-state index >= 15 is 0 Å². The Morgan fingerprint density at radius 2 is 1.80 bits per heavy atom. The van der Waals surface area contributed by atoms with Crippen LogP contribution in [0.3, 0.4) is 0 Å². The molecule has 1 aliphatic rings. The van der Waals surface area contributed by atoms with Crippen LogP contribution in [0.4, 0.5) is 16.2 Å². The van der Waals surface area contributed by atoms with E-state index in [0.717, 1.165) is 31.9 Å². The number of urea groups is 1. The van der Waals surface area contributed by atoms with Gasteiger partial charge in [0.1, 0.15) is 0 Å². The molecule has 2 rings (SSSR count). The van der Waals surface area contributed by atoms with Gasteiger partial charge in [-0.15, -0.1) is 0 Å². The molecule has 0 unspecified atom stereocenters. The first-order valence-electron chi connectivity index (χ1n) is 7.23. The molecule has 1 aromatic carbocycles. The molecule has 0 spiro atoms. The van der Waals surface area contributed by atoms with Crippen LogP contribution in [0, 0.1) is 0 Å². The molecule has 1 fully saturated rings. The van der Waals surface area contributed by atoms with E-state index in [9.17, 15) is 4.79 Å². The Balaban J connectivity index is 1.95. The van der Waals surface area contributed by atoms with Crippen molar-refractivity contribution in [3.05, 3.63) is 24.3 Å². The Kier molecular flexibility index (Phi) is 5.59. The average molecular weight is 293 g/mol. The Morgan fingerprint density at radius 3 is 2.35 bits per heavy atom. The van der Waals surface area contributed by atoms with Crippen molar-refractivity contribution in [3.63, 3.8) is 0 Å². The van der Waals surface area contributed by atoms with Crippen molar-refractivity contribution in [2.75, 3.05) is 47.9 Å². The van der Waals surface area contributed by atoms with Gasteiger partial charge in [0, 0.05) is 49.1 Å². The highest BCUT2D eigenvalue weighted by Gasteiger charge is 2.12. The van der Waals surface area contributed by atoms with Crippen LogP contribution in [0.5, 0.6) is 0 Å². The fourth-order valence-corrected chi connectivity index (χ4v) is 3.19. The van der Waals surface area contributed by atoms with Gasteiger partial charge in [0.05, 0.1) is 0 Å². The van der Waals surface area contributed by atoms with Gasteiger partial charge in [-0.1, -0.05) is 0 Å². The molecule has 0 atom stereocenters. The molecule has 0 aliphatic carbocycles. The molecule has 0 aromatic heterocycles. The van der Waals surface area contributed by atoms with Crippen LogP contribution in [-0.4, -0.2) is 48.6 Å². The van der Waals surface area contributed by atoms with Gasteiger partial charge in [0.25, 0.3) is 0 Å². The van der Waals surface area contributed by atoms with Gasteiger partial charge in [0.15, 0.2) is 0 Å². The van der Waals surface area contributed by atoms with E-state index in [0.29, 0.717) is 0 Å². The first-order valence-corrected chi connectivity index (χ1v) is 8.38. The number of amides is 2. The van der Waals surface area contributed by atoms with Gasteiger partial charge in [-0.25, -0.2) is 4.79 Å². The first kappa shape index (κ1) is 15.0.